The molecule has 4 heteroatoms. The minimum Gasteiger partial charge on any atom is -0.350 e. The van der Waals surface area contributed by atoms with Crippen LogP contribution in [-0.2, 0) is 4.79 Å². The predicted octanol–water partition coefficient (Wildman–Crippen LogP) is 2.39. The fourth-order valence-electron chi connectivity index (χ4n) is 2.83. The van der Waals surface area contributed by atoms with E-state index in [1.165, 1.54) is 12.8 Å². The van der Waals surface area contributed by atoms with E-state index in [-0.39, 0.29) is 17.5 Å². The van der Waals surface area contributed by atoms with Gasteiger partial charge in [-0.1, -0.05) is 13.8 Å². The van der Waals surface area contributed by atoms with Gasteiger partial charge in [0.2, 0.25) is 5.91 Å². The largest absolute Gasteiger partial charge is 0.350 e. The molecule has 1 rings (SSSR count). The first-order valence-corrected chi connectivity index (χ1v) is 8.66. The van der Waals surface area contributed by atoms with Crippen molar-refractivity contribution in [3.63, 3.8) is 0 Å². The summed E-state index contributed by atoms with van der Waals surface area (Å²) in [5.41, 5.74) is -0.115. The van der Waals surface area contributed by atoms with Crippen LogP contribution in [0.3, 0.4) is 0 Å². The molecule has 0 aliphatic carbocycles. The molecular weight excluding hydrogens is 262 g/mol. The third kappa shape index (κ3) is 6.35. The highest BCUT2D eigenvalue weighted by atomic mass is 16.2. The van der Waals surface area contributed by atoms with Crippen molar-refractivity contribution in [2.24, 2.45) is 5.92 Å². The van der Waals surface area contributed by atoms with Crippen LogP contribution < -0.4 is 10.6 Å². The highest BCUT2D eigenvalue weighted by Gasteiger charge is 2.27. The number of hydrogen-bond donors (Lipinski definition) is 2. The van der Waals surface area contributed by atoms with Crippen LogP contribution in [0.15, 0.2) is 0 Å². The summed E-state index contributed by atoms with van der Waals surface area (Å²) in [6.45, 7) is 14.8. The highest BCUT2D eigenvalue weighted by Crippen LogP contribution is 2.15. The van der Waals surface area contributed by atoms with Gasteiger partial charge in [-0.15, -0.1) is 0 Å². The summed E-state index contributed by atoms with van der Waals surface area (Å²) in [7, 11) is 0. The lowest BCUT2D eigenvalue weighted by Crippen LogP contribution is -2.53. The summed E-state index contributed by atoms with van der Waals surface area (Å²) >= 11 is 0. The van der Waals surface area contributed by atoms with Crippen molar-refractivity contribution < 1.29 is 4.79 Å². The molecular formula is C17H35N3O. The van der Waals surface area contributed by atoms with E-state index in [1.807, 2.05) is 6.92 Å². The van der Waals surface area contributed by atoms with Crippen molar-refractivity contribution in [2.75, 3.05) is 26.2 Å². The first-order chi connectivity index (χ1) is 9.89. The average molecular weight is 297 g/mol. The minimum atomic E-state index is -0.115. The van der Waals surface area contributed by atoms with E-state index in [2.05, 4.69) is 43.2 Å². The van der Waals surface area contributed by atoms with Crippen LogP contribution in [0.1, 0.15) is 60.3 Å². The Kier molecular flexibility index (Phi) is 7.67. The van der Waals surface area contributed by atoms with Crippen LogP contribution in [0.25, 0.3) is 0 Å². The van der Waals surface area contributed by atoms with Crippen LogP contribution in [0.4, 0.5) is 0 Å². The molecule has 2 N–H and O–H groups in total. The van der Waals surface area contributed by atoms with Gasteiger partial charge in [-0.05, 0) is 72.0 Å². The zero-order chi connectivity index (χ0) is 15.9. The lowest BCUT2D eigenvalue weighted by Gasteiger charge is -2.35. The summed E-state index contributed by atoms with van der Waals surface area (Å²) in [6, 6.07) is -0.0438. The molecule has 0 saturated carbocycles. The van der Waals surface area contributed by atoms with Gasteiger partial charge in [0.15, 0.2) is 0 Å². The Morgan fingerprint density at radius 1 is 1.43 bits per heavy atom. The maximum Gasteiger partial charge on any atom is 0.237 e. The minimum absolute atomic E-state index is 0.0438. The molecule has 2 atom stereocenters. The number of rotatable bonds is 8. The van der Waals surface area contributed by atoms with Crippen LogP contribution >= 0.6 is 0 Å². The van der Waals surface area contributed by atoms with Crippen molar-refractivity contribution in [1.82, 2.24) is 15.5 Å². The summed E-state index contributed by atoms with van der Waals surface area (Å²) in [5, 5.41) is 6.66. The molecule has 1 amide bonds. The maximum atomic E-state index is 12.5. The molecule has 0 aromatic rings. The van der Waals surface area contributed by atoms with Gasteiger partial charge in [-0.3, -0.25) is 9.69 Å². The van der Waals surface area contributed by atoms with Gasteiger partial charge in [0.25, 0.3) is 0 Å². The van der Waals surface area contributed by atoms with E-state index < -0.39 is 0 Å². The molecule has 1 heterocycles. The van der Waals surface area contributed by atoms with Gasteiger partial charge in [-0.2, -0.15) is 0 Å². The Balaban J connectivity index is 2.58. The molecule has 0 radical (unpaired) electrons. The fraction of sp³-hybridized carbons (Fsp3) is 0.941. The van der Waals surface area contributed by atoms with Crippen LogP contribution in [0.5, 0.6) is 0 Å². The molecule has 1 fully saturated rings. The quantitative estimate of drug-likeness (QED) is 0.723. The molecule has 1 aliphatic heterocycles. The van der Waals surface area contributed by atoms with Crippen LogP contribution in [0.2, 0.25) is 0 Å². The third-order valence-electron chi connectivity index (χ3n) is 4.68. The van der Waals surface area contributed by atoms with Crippen LogP contribution in [-0.4, -0.2) is 48.6 Å². The maximum absolute atomic E-state index is 12.5. The Hall–Kier alpha value is -0.610. The Labute approximate surface area is 131 Å². The Bertz CT molecular complexity index is 311. The van der Waals surface area contributed by atoms with Gasteiger partial charge in [0, 0.05) is 12.1 Å². The number of amides is 1. The smallest absolute Gasteiger partial charge is 0.237 e. The van der Waals surface area contributed by atoms with Crippen molar-refractivity contribution in [2.45, 2.75) is 71.9 Å². The predicted molar refractivity (Wildman–Crippen MR) is 89.4 cm³/mol. The van der Waals surface area contributed by atoms with Gasteiger partial charge in [-0.25, -0.2) is 0 Å². The second-order valence-corrected chi connectivity index (χ2v) is 7.11. The van der Waals surface area contributed by atoms with Crippen molar-refractivity contribution in [3.05, 3.63) is 0 Å². The topological polar surface area (TPSA) is 44.4 Å². The number of carbonyl (C=O) groups is 1. The van der Waals surface area contributed by atoms with E-state index >= 15 is 0 Å². The number of carbonyl (C=O) groups excluding carboxylic acids is 1. The molecule has 1 saturated heterocycles. The van der Waals surface area contributed by atoms with Gasteiger partial charge >= 0.3 is 0 Å². The molecule has 2 unspecified atom stereocenters. The first-order valence-electron chi connectivity index (χ1n) is 8.66. The number of nitrogens with zero attached hydrogens (tertiary/aromatic N) is 1. The zero-order valence-corrected chi connectivity index (χ0v) is 14.7. The van der Waals surface area contributed by atoms with Crippen molar-refractivity contribution in [3.8, 4) is 0 Å². The normalized spacial score (nSPS) is 21.3. The third-order valence-corrected chi connectivity index (χ3v) is 4.68. The number of nitrogens with one attached hydrogen (secondary N) is 2. The van der Waals surface area contributed by atoms with E-state index in [0.717, 1.165) is 39.0 Å². The van der Waals surface area contributed by atoms with Crippen LogP contribution in [0, 0.1) is 5.92 Å². The monoisotopic (exact) mass is 297 g/mol. The zero-order valence-electron chi connectivity index (χ0n) is 14.7. The molecule has 0 aromatic carbocycles. The second-order valence-electron chi connectivity index (χ2n) is 7.11. The number of piperidine rings is 1. The molecule has 21 heavy (non-hydrogen) atoms. The number of hydrogen-bond acceptors (Lipinski definition) is 3. The van der Waals surface area contributed by atoms with Crippen molar-refractivity contribution in [1.29, 1.82) is 0 Å². The average Bonchev–Trinajstić information content (AvgIpc) is 2.46. The molecule has 0 aromatic heterocycles. The van der Waals surface area contributed by atoms with Gasteiger partial charge in [0.05, 0.1) is 6.04 Å². The molecule has 124 valence electrons. The molecule has 4 nitrogen and oxygen atoms in total. The summed E-state index contributed by atoms with van der Waals surface area (Å²) < 4.78 is 0. The van der Waals surface area contributed by atoms with E-state index in [9.17, 15) is 4.79 Å². The summed E-state index contributed by atoms with van der Waals surface area (Å²) in [5.74, 6) is 0.846. The highest BCUT2D eigenvalue weighted by molar-refractivity contribution is 5.82. The SMILES string of the molecule is CCCN(CC1CCCNC1)C(C)C(=O)NC(C)(C)CC. The van der Waals surface area contributed by atoms with Crippen molar-refractivity contribution >= 4 is 5.91 Å². The lowest BCUT2D eigenvalue weighted by molar-refractivity contribution is -0.127. The van der Waals surface area contributed by atoms with E-state index in [4.69, 9.17) is 0 Å². The van der Waals surface area contributed by atoms with Gasteiger partial charge in [0.1, 0.15) is 0 Å². The van der Waals surface area contributed by atoms with Gasteiger partial charge < -0.3 is 10.6 Å². The second kappa shape index (κ2) is 8.74. The Morgan fingerprint density at radius 3 is 2.67 bits per heavy atom. The van der Waals surface area contributed by atoms with E-state index in [1.54, 1.807) is 0 Å². The van der Waals surface area contributed by atoms with E-state index in [0.29, 0.717) is 5.92 Å². The Morgan fingerprint density at radius 2 is 2.14 bits per heavy atom. The lowest BCUT2D eigenvalue weighted by atomic mass is 9.97. The molecule has 0 bridgehead atoms. The summed E-state index contributed by atoms with van der Waals surface area (Å²) in [6.07, 6.45) is 4.58. The fourth-order valence-corrected chi connectivity index (χ4v) is 2.83. The first kappa shape index (κ1) is 18.4. The molecule has 1 aliphatic rings. The summed E-state index contributed by atoms with van der Waals surface area (Å²) in [4.78, 5) is 14.9. The molecule has 0 spiro atoms. The standard InChI is InChI=1S/C17H35N3O/c1-6-11-20(13-15-9-8-10-18-12-15)14(3)16(21)19-17(4,5)7-2/h14-15,18H,6-13H2,1-5H3,(H,19,21).